The van der Waals surface area contributed by atoms with Gasteiger partial charge in [0.05, 0.1) is 0 Å². The smallest absolute Gasteiger partial charge is 0.330 e. The van der Waals surface area contributed by atoms with Crippen molar-refractivity contribution in [2.24, 2.45) is 0 Å². The molecular weight excluding hydrogens is 472 g/mol. The zero-order valence-corrected chi connectivity index (χ0v) is 21.5. The molecule has 0 heterocycles. The number of hydrogen-bond acceptors (Lipinski definition) is 4. The predicted molar refractivity (Wildman–Crippen MR) is 152 cm³/mol. The van der Waals surface area contributed by atoms with E-state index in [-0.39, 0.29) is 13.2 Å². The molecule has 4 heteroatoms. The molecule has 38 heavy (non-hydrogen) atoms. The minimum Gasteiger partial charge on any atom is -0.458 e. The molecule has 0 N–H and O–H groups in total. The second-order valence-electron chi connectivity index (χ2n) is 9.19. The minimum absolute atomic E-state index is 0.256. The number of fused-ring (bicyclic) bond motifs is 1. The topological polar surface area (TPSA) is 52.6 Å². The molecule has 192 valence electrons. The molecule has 0 atom stereocenters. The highest BCUT2D eigenvalue weighted by Gasteiger charge is 2.08. The molecular formula is C34H32O4. The lowest BCUT2D eigenvalue weighted by molar-refractivity contribution is -0.139. The largest absolute Gasteiger partial charge is 0.458 e. The lowest BCUT2D eigenvalue weighted by atomic mass is 9.93. The Bertz CT molecular complexity index is 1310. The first kappa shape index (κ1) is 26.6. The number of hydrogen-bond donors (Lipinski definition) is 0. The van der Waals surface area contributed by atoms with E-state index in [2.05, 4.69) is 73.8 Å². The second-order valence-corrected chi connectivity index (χ2v) is 9.19. The Kier molecular flexibility index (Phi) is 9.25. The van der Waals surface area contributed by atoms with Crippen molar-refractivity contribution < 1.29 is 19.1 Å². The summed E-state index contributed by atoms with van der Waals surface area (Å²) in [6.07, 6.45) is 6.12. The summed E-state index contributed by atoms with van der Waals surface area (Å²) in [7, 11) is 0. The van der Waals surface area contributed by atoms with Crippen LogP contribution in [0.3, 0.4) is 0 Å². The van der Waals surface area contributed by atoms with E-state index in [9.17, 15) is 9.59 Å². The number of carbonyl (C=O) groups is 2. The van der Waals surface area contributed by atoms with Gasteiger partial charge in [0.1, 0.15) is 13.2 Å². The molecule has 0 aromatic heterocycles. The van der Waals surface area contributed by atoms with Gasteiger partial charge < -0.3 is 9.47 Å². The Labute approximate surface area is 224 Å². The van der Waals surface area contributed by atoms with Gasteiger partial charge >= 0.3 is 11.9 Å². The third kappa shape index (κ3) is 7.30. The van der Waals surface area contributed by atoms with E-state index in [4.69, 9.17) is 9.47 Å². The van der Waals surface area contributed by atoms with E-state index in [1.54, 1.807) is 0 Å². The monoisotopic (exact) mass is 504 g/mol. The van der Waals surface area contributed by atoms with Crippen LogP contribution in [0.4, 0.5) is 0 Å². The average molecular weight is 505 g/mol. The van der Waals surface area contributed by atoms with Crippen LogP contribution in [0.2, 0.25) is 0 Å². The van der Waals surface area contributed by atoms with Gasteiger partial charge in [-0.25, -0.2) is 9.59 Å². The number of rotatable bonds is 12. The fourth-order valence-corrected chi connectivity index (χ4v) is 4.45. The van der Waals surface area contributed by atoms with Crippen molar-refractivity contribution in [1.29, 1.82) is 0 Å². The van der Waals surface area contributed by atoms with E-state index < -0.39 is 11.9 Å². The fraction of sp³-hybridized carbons (Fsp3) is 0.176. The molecule has 0 aliphatic rings. The Hall–Kier alpha value is -4.44. The molecule has 0 saturated heterocycles. The third-order valence-electron chi connectivity index (χ3n) is 6.61. The number of ether oxygens (including phenoxy) is 2. The summed E-state index contributed by atoms with van der Waals surface area (Å²) < 4.78 is 10.2. The molecule has 0 aliphatic carbocycles. The zero-order valence-electron chi connectivity index (χ0n) is 21.5. The van der Waals surface area contributed by atoms with Crippen molar-refractivity contribution in [1.82, 2.24) is 0 Å². The first-order chi connectivity index (χ1) is 18.6. The van der Waals surface area contributed by atoms with Gasteiger partial charge in [-0.1, -0.05) is 98.1 Å². The number of esters is 2. The molecule has 4 nitrogen and oxygen atoms in total. The van der Waals surface area contributed by atoms with E-state index >= 15 is 0 Å². The van der Waals surface area contributed by atoms with Gasteiger partial charge in [0.25, 0.3) is 0 Å². The first-order valence-corrected chi connectivity index (χ1v) is 12.8. The molecule has 0 bridgehead atoms. The molecule has 0 fully saturated rings. The second kappa shape index (κ2) is 13.2. The minimum atomic E-state index is -0.411. The SMILES string of the molecule is C=CC(=O)OCc1ccc(CCc2ccc(CCc3ccc(COC(=O)C=C)cc3)c3ccccc23)cc1. The van der Waals surface area contributed by atoms with Gasteiger partial charge in [-0.3, -0.25) is 0 Å². The maximum Gasteiger partial charge on any atom is 0.330 e. The van der Waals surface area contributed by atoms with Crippen LogP contribution in [0.1, 0.15) is 33.4 Å². The third-order valence-corrected chi connectivity index (χ3v) is 6.61. The Morgan fingerprint density at radius 1 is 0.526 bits per heavy atom. The van der Waals surface area contributed by atoms with Gasteiger partial charge in [0.15, 0.2) is 0 Å². The summed E-state index contributed by atoms with van der Waals surface area (Å²) in [5.74, 6) is -0.822. The summed E-state index contributed by atoms with van der Waals surface area (Å²) >= 11 is 0. The normalized spacial score (nSPS) is 10.6. The van der Waals surface area contributed by atoms with Crippen molar-refractivity contribution in [3.05, 3.63) is 144 Å². The van der Waals surface area contributed by atoms with E-state index in [0.29, 0.717) is 0 Å². The van der Waals surface area contributed by atoms with Crippen molar-refractivity contribution in [2.45, 2.75) is 38.9 Å². The van der Waals surface area contributed by atoms with Crippen LogP contribution in [0.15, 0.2) is 110 Å². The molecule has 0 unspecified atom stereocenters. The molecule has 0 aliphatic heterocycles. The molecule has 0 spiro atoms. The van der Waals surface area contributed by atoms with Crippen molar-refractivity contribution >= 4 is 22.7 Å². The molecule has 0 saturated carbocycles. The summed E-state index contributed by atoms with van der Waals surface area (Å²) in [5, 5.41) is 2.61. The van der Waals surface area contributed by atoms with Gasteiger partial charge in [0.2, 0.25) is 0 Å². The van der Waals surface area contributed by atoms with Gasteiger partial charge in [-0.15, -0.1) is 0 Å². The van der Waals surface area contributed by atoms with Crippen molar-refractivity contribution in [2.75, 3.05) is 0 Å². The lowest BCUT2D eigenvalue weighted by Crippen LogP contribution is -2.01. The highest BCUT2D eigenvalue weighted by Crippen LogP contribution is 2.25. The number of benzene rings is 4. The van der Waals surface area contributed by atoms with Crippen LogP contribution in [0.5, 0.6) is 0 Å². The first-order valence-electron chi connectivity index (χ1n) is 12.8. The van der Waals surface area contributed by atoms with E-state index in [1.807, 2.05) is 24.3 Å². The van der Waals surface area contributed by atoms with Crippen LogP contribution < -0.4 is 0 Å². The van der Waals surface area contributed by atoms with Crippen LogP contribution in [0, 0.1) is 0 Å². The Balaban J connectivity index is 1.37. The number of aryl methyl sites for hydroxylation is 4. The van der Waals surface area contributed by atoms with Crippen LogP contribution in [-0.4, -0.2) is 11.9 Å². The maximum absolute atomic E-state index is 11.3. The Morgan fingerprint density at radius 2 is 0.895 bits per heavy atom. The number of carbonyl (C=O) groups excluding carboxylic acids is 2. The lowest BCUT2D eigenvalue weighted by Gasteiger charge is -2.12. The Morgan fingerprint density at radius 3 is 1.26 bits per heavy atom. The molecule has 4 aromatic rings. The summed E-state index contributed by atoms with van der Waals surface area (Å²) in [6, 6.07) is 29.6. The average Bonchev–Trinajstić information content (AvgIpc) is 2.97. The van der Waals surface area contributed by atoms with Gasteiger partial charge in [-0.05, 0) is 69.8 Å². The highest BCUT2D eigenvalue weighted by molar-refractivity contribution is 5.88. The quantitative estimate of drug-likeness (QED) is 0.156. The van der Waals surface area contributed by atoms with Crippen LogP contribution >= 0.6 is 0 Å². The highest BCUT2D eigenvalue weighted by atomic mass is 16.5. The molecule has 0 radical (unpaired) electrons. The zero-order chi connectivity index (χ0) is 26.7. The predicted octanol–water partition coefficient (Wildman–Crippen LogP) is 6.87. The van der Waals surface area contributed by atoms with Gasteiger partial charge in [-0.2, -0.15) is 0 Å². The van der Waals surface area contributed by atoms with Gasteiger partial charge in [0, 0.05) is 12.2 Å². The standard InChI is InChI=1S/C34H32O4/c1-3-33(35)37-23-27-13-9-25(10-14-27)17-19-29-21-22-30(32-8-6-5-7-31(29)32)20-18-26-11-15-28(16-12-26)24-38-34(36)4-2/h3-16,21-22H,1-2,17-20,23-24H2. The summed E-state index contributed by atoms with van der Waals surface area (Å²) in [4.78, 5) is 22.5. The van der Waals surface area contributed by atoms with E-state index in [0.717, 1.165) is 36.8 Å². The molecule has 4 aromatic carbocycles. The van der Waals surface area contributed by atoms with Crippen molar-refractivity contribution in [3.63, 3.8) is 0 Å². The maximum atomic E-state index is 11.3. The van der Waals surface area contributed by atoms with E-state index in [1.165, 1.54) is 45.2 Å². The molecule has 4 rings (SSSR count). The van der Waals surface area contributed by atoms with Crippen molar-refractivity contribution in [3.8, 4) is 0 Å². The summed E-state index contributed by atoms with van der Waals surface area (Å²) in [5.41, 5.74) is 7.10. The van der Waals surface area contributed by atoms with Crippen LogP contribution in [-0.2, 0) is 58.0 Å². The summed E-state index contributed by atoms with van der Waals surface area (Å²) in [6.45, 7) is 7.35. The molecule has 0 amide bonds. The van der Waals surface area contributed by atoms with Crippen LogP contribution in [0.25, 0.3) is 10.8 Å². The fourth-order valence-electron chi connectivity index (χ4n) is 4.45.